The second kappa shape index (κ2) is 3.98. The summed E-state index contributed by atoms with van der Waals surface area (Å²) in [6, 6.07) is 0. The van der Waals surface area contributed by atoms with Gasteiger partial charge in [0.25, 0.3) is 0 Å². The molecule has 0 bridgehead atoms. The van der Waals surface area contributed by atoms with E-state index in [0.717, 1.165) is 0 Å². The van der Waals surface area contributed by atoms with Gasteiger partial charge in [-0.15, -0.1) is 0 Å². The molecular formula is C3H5BrNO2P. The van der Waals surface area contributed by atoms with Gasteiger partial charge < -0.3 is 4.74 Å². The van der Waals surface area contributed by atoms with Gasteiger partial charge in [0, 0.05) is 0 Å². The van der Waals surface area contributed by atoms with Gasteiger partial charge in [0.15, 0.2) is 0 Å². The third-order valence-corrected chi connectivity index (χ3v) is 1.72. The van der Waals surface area contributed by atoms with Crippen molar-refractivity contribution in [2.24, 2.45) is 4.74 Å². The summed E-state index contributed by atoms with van der Waals surface area (Å²) in [5, 5.41) is 0. The van der Waals surface area contributed by atoms with E-state index in [1.807, 2.05) is 0 Å². The maximum atomic E-state index is 10.3. The number of alkyl halides is 1. The van der Waals surface area contributed by atoms with Gasteiger partial charge in [-0.3, -0.25) is 0 Å². The Morgan fingerprint density at radius 1 is 2.00 bits per heavy atom. The fraction of sp³-hybridized carbons (Fsp3) is 0.667. The van der Waals surface area contributed by atoms with Gasteiger partial charge in [0.2, 0.25) is 4.95 Å². The highest BCUT2D eigenvalue weighted by Gasteiger charge is 2.10. The van der Waals surface area contributed by atoms with Crippen LogP contribution in [0.5, 0.6) is 0 Å². The Labute approximate surface area is 57.8 Å². The van der Waals surface area contributed by atoms with Crippen molar-refractivity contribution in [2.45, 2.75) is 4.95 Å². The average Bonchev–Trinajstić information content (AvgIpc) is 1.84. The van der Waals surface area contributed by atoms with E-state index < -0.39 is 10.9 Å². The van der Waals surface area contributed by atoms with Crippen LogP contribution in [0.25, 0.3) is 0 Å². The van der Waals surface area contributed by atoms with E-state index >= 15 is 0 Å². The third-order valence-electron chi connectivity index (χ3n) is 0.509. The molecule has 0 aromatic rings. The van der Waals surface area contributed by atoms with E-state index in [1.165, 1.54) is 7.11 Å². The van der Waals surface area contributed by atoms with Crippen LogP contribution in [-0.2, 0) is 9.53 Å². The minimum absolute atomic E-state index is 0.417. The maximum Gasteiger partial charge on any atom is 0.342 e. The number of rotatable bonds is 2. The number of hydrogen-bond donors (Lipinski definition) is 0. The second-order valence-electron chi connectivity index (χ2n) is 0.988. The molecule has 3 nitrogen and oxygen atoms in total. The van der Waals surface area contributed by atoms with E-state index in [-0.39, 0.29) is 0 Å². The van der Waals surface area contributed by atoms with Gasteiger partial charge in [-0.05, 0) is 25.0 Å². The number of nitrogens with zero attached hydrogens (tertiary/aromatic N) is 1. The topological polar surface area (TPSA) is 38.7 Å². The molecule has 0 aromatic heterocycles. The first-order chi connectivity index (χ1) is 3.72. The number of ether oxygens (including phenoxy) is 1. The molecule has 0 aliphatic heterocycles. The molecule has 0 radical (unpaired) electrons. The molecule has 0 amide bonds. The predicted octanol–water partition coefficient (Wildman–Crippen LogP) is 1.21. The zero-order valence-corrected chi connectivity index (χ0v) is 6.81. The first-order valence-electron chi connectivity index (χ1n) is 1.81. The van der Waals surface area contributed by atoms with Crippen LogP contribution in [0.1, 0.15) is 0 Å². The van der Waals surface area contributed by atoms with Gasteiger partial charge in [0.1, 0.15) is 0 Å². The lowest BCUT2D eigenvalue weighted by molar-refractivity contribution is -0.139. The van der Waals surface area contributed by atoms with Gasteiger partial charge in [-0.1, -0.05) is 0 Å². The largest absolute Gasteiger partial charge is 0.467 e. The number of esters is 1. The summed E-state index contributed by atoms with van der Waals surface area (Å²) in [6.07, 6.45) is 0. The molecule has 0 heterocycles. The molecule has 46 valence electrons. The Bertz CT molecular complexity index is 107. The second-order valence-corrected chi connectivity index (χ2v) is 2.11. The Morgan fingerprint density at radius 3 is 2.62 bits per heavy atom. The summed E-state index contributed by atoms with van der Waals surface area (Å²) < 4.78 is 7.70. The molecule has 0 aliphatic rings. The summed E-state index contributed by atoms with van der Waals surface area (Å²) in [7, 11) is 4.08. The minimum atomic E-state index is -0.593. The van der Waals surface area contributed by atoms with E-state index in [4.69, 9.17) is 0 Å². The van der Waals surface area contributed by atoms with Gasteiger partial charge >= 0.3 is 5.97 Å². The Hall–Kier alpha value is 0.0500. The molecule has 0 aromatic carbocycles. The average molecular weight is 198 g/mol. The van der Waals surface area contributed by atoms with Crippen LogP contribution in [0.15, 0.2) is 4.74 Å². The monoisotopic (exact) mass is 197 g/mol. The van der Waals surface area contributed by atoms with Crippen LogP contribution in [0.4, 0.5) is 0 Å². The first kappa shape index (κ1) is 8.05. The molecule has 0 saturated heterocycles. The smallest absolute Gasteiger partial charge is 0.342 e. The van der Waals surface area contributed by atoms with Crippen molar-refractivity contribution in [2.75, 3.05) is 7.11 Å². The standard InChI is InChI=1S/C3H5BrNO2P/c1-7-3(6)2(4)5-8/h2,8H,1H3. The predicted molar refractivity (Wildman–Crippen MR) is 35.5 cm³/mol. The number of carbonyl (C=O) groups is 1. The number of hydrogen-bond acceptors (Lipinski definition) is 3. The molecule has 0 spiro atoms. The SMILES string of the molecule is COC(=O)C(Br)N=P. The number of carbonyl (C=O) groups excluding carboxylic acids is 1. The van der Waals surface area contributed by atoms with Gasteiger partial charge in [0.05, 0.1) is 7.11 Å². The van der Waals surface area contributed by atoms with Crippen LogP contribution in [0.2, 0.25) is 0 Å². The normalized spacial score (nSPS) is 12.2. The summed E-state index contributed by atoms with van der Waals surface area (Å²) in [5.74, 6) is -0.417. The lowest BCUT2D eigenvalue weighted by Crippen LogP contribution is -2.11. The maximum absolute atomic E-state index is 10.3. The summed E-state index contributed by atoms with van der Waals surface area (Å²) in [5.41, 5.74) is 0. The lowest BCUT2D eigenvalue weighted by Gasteiger charge is -1.97. The van der Waals surface area contributed by atoms with Crippen molar-refractivity contribution in [1.82, 2.24) is 0 Å². The van der Waals surface area contributed by atoms with Crippen LogP contribution in [0, 0.1) is 0 Å². The molecule has 0 saturated carbocycles. The highest BCUT2D eigenvalue weighted by atomic mass is 79.9. The van der Waals surface area contributed by atoms with Crippen molar-refractivity contribution in [1.29, 1.82) is 0 Å². The first-order valence-corrected chi connectivity index (χ1v) is 3.17. The van der Waals surface area contributed by atoms with Crippen LogP contribution in [0.3, 0.4) is 0 Å². The molecular weight excluding hydrogens is 193 g/mol. The Balaban J connectivity index is 3.62. The molecule has 0 N–H and O–H groups in total. The van der Waals surface area contributed by atoms with E-state index in [9.17, 15) is 4.79 Å². The number of methoxy groups -OCH3 is 1. The minimum Gasteiger partial charge on any atom is -0.467 e. The zero-order chi connectivity index (χ0) is 6.57. The summed E-state index contributed by atoms with van der Waals surface area (Å²) in [6.45, 7) is 0. The highest BCUT2D eigenvalue weighted by Crippen LogP contribution is 2.03. The van der Waals surface area contributed by atoms with Crippen molar-refractivity contribution in [3.8, 4) is 0 Å². The van der Waals surface area contributed by atoms with Crippen LogP contribution in [-0.4, -0.2) is 18.0 Å². The summed E-state index contributed by atoms with van der Waals surface area (Å²) >= 11 is 2.91. The number of halogens is 1. The van der Waals surface area contributed by atoms with Gasteiger partial charge in [-0.25, -0.2) is 9.54 Å². The molecule has 1 unspecified atom stereocenters. The molecule has 1 atom stereocenters. The molecule has 5 heteroatoms. The van der Waals surface area contributed by atoms with E-state index in [1.54, 1.807) is 0 Å². The van der Waals surface area contributed by atoms with Crippen molar-refractivity contribution < 1.29 is 9.53 Å². The highest BCUT2D eigenvalue weighted by molar-refractivity contribution is 9.10. The lowest BCUT2D eigenvalue weighted by atomic mass is 10.7. The van der Waals surface area contributed by atoms with Crippen molar-refractivity contribution in [3.05, 3.63) is 0 Å². The fourth-order valence-corrected chi connectivity index (χ4v) is 0.442. The van der Waals surface area contributed by atoms with E-state index in [2.05, 4.69) is 34.4 Å². The zero-order valence-electron chi connectivity index (χ0n) is 4.22. The van der Waals surface area contributed by atoms with E-state index in [0.29, 0.717) is 0 Å². The van der Waals surface area contributed by atoms with Gasteiger partial charge in [-0.2, -0.15) is 0 Å². The summed E-state index contributed by atoms with van der Waals surface area (Å²) in [4.78, 5) is 9.76. The van der Waals surface area contributed by atoms with Crippen LogP contribution >= 0.6 is 25.0 Å². The third kappa shape index (κ3) is 2.38. The quantitative estimate of drug-likeness (QED) is 0.289. The molecule has 0 fully saturated rings. The Kier molecular flexibility index (Phi) is 4.01. The van der Waals surface area contributed by atoms with Crippen molar-refractivity contribution in [3.63, 3.8) is 0 Å². The van der Waals surface area contributed by atoms with Crippen molar-refractivity contribution >= 4 is 30.9 Å². The Morgan fingerprint density at radius 2 is 2.50 bits per heavy atom. The molecule has 8 heavy (non-hydrogen) atoms. The molecule has 0 aliphatic carbocycles. The molecule has 0 rings (SSSR count). The fourth-order valence-electron chi connectivity index (χ4n) is 0.150. The van der Waals surface area contributed by atoms with Crippen LogP contribution < -0.4 is 0 Å².